The predicted molar refractivity (Wildman–Crippen MR) is 173 cm³/mol. The van der Waals surface area contributed by atoms with E-state index in [9.17, 15) is 9.59 Å². The van der Waals surface area contributed by atoms with Crippen LogP contribution in [0.1, 0.15) is 53.1 Å². The van der Waals surface area contributed by atoms with Gasteiger partial charge in [-0.3, -0.25) is 9.59 Å². The first kappa shape index (κ1) is 29.1. The SMILES string of the molecule is O=C(NC[C@@H]1CCN(CC(c2ccccc2)c2ccccc2)C(=O)[C@H](CC2CCCNC2)N1)c1ccc2ccccc2c1. The van der Waals surface area contributed by atoms with Crippen LogP contribution >= 0.6 is 0 Å². The largest absolute Gasteiger partial charge is 0.350 e. The van der Waals surface area contributed by atoms with Crippen LogP contribution in [-0.2, 0) is 4.79 Å². The Labute approximate surface area is 254 Å². The zero-order chi connectivity index (χ0) is 29.4. The third-order valence-corrected chi connectivity index (χ3v) is 9.09. The molecule has 2 heterocycles. The van der Waals surface area contributed by atoms with Crippen molar-refractivity contribution in [3.63, 3.8) is 0 Å². The van der Waals surface area contributed by atoms with E-state index in [0.717, 1.165) is 49.5 Å². The molecule has 0 radical (unpaired) electrons. The van der Waals surface area contributed by atoms with Gasteiger partial charge in [0, 0.05) is 37.2 Å². The van der Waals surface area contributed by atoms with E-state index in [2.05, 4.69) is 75.4 Å². The van der Waals surface area contributed by atoms with Crippen molar-refractivity contribution in [2.45, 2.75) is 43.7 Å². The maximum Gasteiger partial charge on any atom is 0.251 e. The smallest absolute Gasteiger partial charge is 0.251 e. The van der Waals surface area contributed by atoms with Crippen LogP contribution < -0.4 is 16.0 Å². The molecule has 2 saturated heterocycles. The van der Waals surface area contributed by atoms with E-state index in [0.29, 0.717) is 31.1 Å². The molecule has 6 nitrogen and oxygen atoms in total. The second-order valence-electron chi connectivity index (χ2n) is 12.1. The van der Waals surface area contributed by atoms with Crippen LogP contribution in [0.25, 0.3) is 10.8 Å². The lowest BCUT2D eigenvalue weighted by Crippen LogP contribution is -2.50. The molecular formula is C37H42N4O2. The minimum absolute atomic E-state index is 0.00630. The topological polar surface area (TPSA) is 73.5 Å². The summed E-state index contributed by atoms with van der Waals surface area (Å²) >= 11 is 0. The lowest BCUT2D eigenvalue weighted by Gasteiger charge is -2.31. The molecule has 2 aliphatic rings. The van der Waals surface area contributed by atoms with Crippen molar-refractivity contribution in [3.05, 3.63) is 120 Å². The molecule has 2 amide bonds. The zero-order valence-corrected chi connectivity index (χ0v) is 24.8. The number of nitrogens with zero attached hydrogens (tertiary/aromatic N) is 1. The van der Waals surface area contributed by atoms with Gasteiger partial charge < -0.3 is 20.9 Å². The number of amides is 2. The van der Waals surface area contributed by atoms with Crippen molar-refractivity contribution in [2.75, 3.05) is 32.7 Å². The van der Waals surface area contributed by atoms with Gasteiger partial charge >= 0.3 is 0 Å². The van der Waals surface area contributed by atoms with Gasteiger partial charge in [0.2, 0.25) is 5.91 Å². The average Bonchev–Trinajstić information content (AvgIpc) is 3.21. The maximum atomic E-state index is 14.2. The van der Waals surface area contributed by atoms with Crippen LogP contribution in [0.3, 0.4) is 0 Å². The second kappa shape index (κ2) is 14.0. The molecule has 4 aromatic rings. The lowest BCUT2D eigenvalue weighted by molar-refractivity contribution is -0.133. The first-order valence-electron chi connectivity index (χ1n) is 15.8. The average molecular weight is 575 g/mol. The number of hydrogen-bond acceptors (Lipinski definition) is 4. The van der Waals surface area contributed by atoms with Gasteiger partial charge in [-0.15, -0.1) is 0 Å². The van der Waals surface area contributed by atoms with Crippen molar-refractivity contribution in [1.29, 1.82) is 0 Å². The molecule has 6 rings (SSSR count). The molecule has 2 fully saturated rings. The van der Waals surface area contributed by atoms with Crippen LogP contribution in [0.5, 0.6) is 0 Å². The summed E-state index contributed by atoms with van der Waals surface area (Å²) < 4.78 is 0. The molecular weight excluding hydrogens is 532 g/mol. The molecule has 3 atom stereocenters. The first-order chi connectivity index (χ1) is 21.1. The zero-order valence-electron chi connectivity index (χ0n) is 24.8. The number of piperidine rings is 1. The summed E-state index contributed by atoms with van der Waals surface area (Å²) in [6.07, 6.45) is 3.86. The van der Waals surface area contributed by atoms with E-state index >= 15 is 0 Å². The summed E-state index contributed by atoms with van der Waals surface area (Å²) in [7, 11) is 0. The molecule has 2 aliphatic heterocycles. The fourth-order valence-electron chi connectivity index (χ4n) is 6.69. The molecule has 1 unspecified atom stereocenters. The van der Waals surface area contributed by atoms with E-state index in [-0.39, 0.29) is 29.8 Å². The van der Waals surface area contributed by atoms with E-state index in [1.807, 2.05) is 48.5 Å². The summed E-state index contributed by atoms with van der Waals surface area (Å²) in [5.74, 6) is 0.640. The van der Waals surface area contributed by atoms with Gasteiger partial charge in [-0.1, -0.05) is 91.0 Å². The van der Waals surface area contributed by atoms with Gasteiger partial charge in [-0.2, -0.15) is 0 Å². The normalized spacial score (nSPS) is 21.1. The van der Waals surface area contributed by atoms with E-state index in [1.54, 1.807) is 0 Å². The van der Waals surface area contributed by atoms with Crippen LogP contribution in [0, 0.1) is 5.92 Å². The number of fused-ring (bicyclic) bond motifs is 1. The van der Waals surface area contributed by atoms with E-state index < -0.39 is 0 Å². The third kappa shape index (κ3) is 7.32. The van der Waals surface area contributed by atoms with Gasteiger partial charge in [0.15, 0.2) is 0 Å². The van der Waals surface area contributed by atoms with Crippen LogP contribution in [0.4, 0.5) is 0 Å². The highest BCUT2D eigenvalue weighted by Crippen LogP contribution is 2.28. The van der Waals surface area contributed by atoms with Crippen molar-refractivity contribution < 1.29 is 9.59 Å². The molecule has 0 spiro atoms. The van der Waals surface area contributed by atoms with Crippen LogP contribution in [0.2, 0.25) is 0 Å². The monoisotopic (exact) mass is 574 g/mol. The quantitative estimate of drug-likeness (QED) is 0.252. The Morgan fingerprint density at radius 1 is 0.860 bits per heavy atom. The molecule has 222 valence electrons. The first-order valence-corrected chi connectivity index (χ1v) is 15.8. The van der Waals surface area contributed by atoms with Crippen LogP contribution in [-0.4, -0.2) is 61.5 Å². The number of carbonyl (C=O) groups excluding carboxylic acids is 2. The number of benzene rings is 4. The fourth-order valence-corrected chi connectivity index (χ4v) is 6.69. The minimum Gasteiger partial charge on any atom is -0.350 e. The Morgan fingerprint density at radius 3 is 2.26 bits per heavy atom. The number of hydrogen-bond donors (Lipinski definition) is 3. The summed E-state index contributed by atoms with van der Waals surface area (Å²) in [6, 6.07) is 34.7. The summed E-state index contributed by atoms with van der Waals surface area (Å²) in [4.78, 5) is 29.5. The summed E-state index contributed by atoms with van der Waals surface area (Å²) in [5.41, 5.74) is 3.08. The Morgan fingerprint density at radius 2 is 1.56 bits per heavy atom. The molecule has 43 heavy (non-hydrogen) atoms. The van der Waals surface area contributed by atoms with Gasteiger partial charge in [0.1, 0.15) is 0 Å². The molecule has 0 saturated carbocycles. The highest BCUT2D eigenvalue weighted by Gasteiger charge is 2.34. The van der Waals surface area contributed by atoms with Crippen molar-refractivity contribution >= 4 is 22.6 Å². The second-order valence-corrected chi connectivity index (χ2v) is 12.1. The van der Waals surface area contributed by atoms with Gasteiger partial charge in [0.05, 0.1) is 6.04 Å². The predicted octanol–water partition coefficient (Wildman–Crippen LogP) is 5.35. The highest BCUT2D eigenvalue weighted by molar-refractivity contribution is 5.98. The number of carbonyl (C=O) groups is 2. The Balaban J connectivity index is 1.19. The van der Waals surface area contributed by atoms with E-state index in [1.165, 1.54) is 11.1 Å². The van der Waals surface area contributed by atoms with Gasteiger partial charge in [0.25, 0.3) is 5.91 Å². The third-order valence-electron chi connectivity index (χ3n) is 9.09. The summed E-state index contributed by atoms with van der Waals surface area (Å²) in [6.45, 7) is 3.76. The molecule has 0 aromatic heterocycles. The van der Waals surface area contributed by atoms with Crippen molar-refractivity contribution in [2.24, 2.45) is 5.92 Å². The van der Waals surface area contributed by atoms with Gasteiger partial charge in [-0.05, 0) is 78.7 Å². The van der Waals surface area contributed by atoms with Crippen molar-refractivity contribution in [3.8, 4) is 0 Å². The lowest BCUT2D eigenvalue weighted by atomic mass is 9.89. The molecule has 3 N–H and O–H groups in total. The number of rotatable bonds is 9. The Kier molecular flexibility index (Phi) is 9.46. The molecule has 6 heteroatoms. The Bertz CT molecular complexity index is 1460. The van der Waals surface area contributed by atoms with Crippen LogP contribution in [0.15, 0.2) is 103 Å². The number of nitrogens with one attached hydrogen (secondary N) is 3. The van der Waals surface area contributed by atoms with Crippen molar-refractivity contribution in [1.82, 2.24) is 20.9 Å². The Hall–Kier alpha value is -4.00. The maximum absolute atomic E-state index is 14.2. The summed E-state index contributed by atoms with van der Waals surface area (Å²) in [5, 5.41) is 12.5. The van der Waals surface area contributed by atoms with Gasteiger partial charge in [-0.25, -0.2) is 0 Å². The molecule has 4 aromatic carbocycles. The minimum atomic E-state index is -0.276. The standard InChI is InChI=1S/C37H42N4O2/c42-36(32-18-17-28-11-7-8-16-31(28)23-32)39-25-33-19-21-41(37(43)35(40-33)22-27-10-9-20-38-24-27)26-34(29-12-3-1-4-13-29)30-14-5-2-6-15-30/h1-8,11-18,23,27,33-35,38,40H,9-10,19-22,24-26H2,(H,39,42)/t27?,33-,35-/m0/s1. The highest BCUT2D eigenvalue weighted by atomic mass is 16.2. The molecule has 0 bridgehead atoms. The fraction of sp³-hybridized carbons (Fsp3) is 0.351. The van der Waals surface area contributed by atoms with E-state index in [4.69, 9.17) is 0 Å². The molecule has 0 aliphatic carbocycles.